The van der Waals surface area contributed by atoms with Crippen molar-refractivity contribution in [3.05, 3.63) is 131 Å². The van der Waals surface area contributed by atoms with Crippen LogP contribution in [0.2, 0.25) is 5.02 Å². The molecule has 1 aliphatic rings. The molecule has 2 heterocycles. The van der Waals surface area contributed by atoms with Crippen molar-refractivity contribution < 1.29 is 19.4 Å². The van der Waals surface area contributed by atoms with E-state index in [0.29, 0.717) is 27.6 Å². The number of nitrogens with zero attached hydrogens (tertiary/aromatic N) is 2. The standard InChI is InChI=1S/C29H21ClN2O4/c30-22-10-4-9-21(15-22)27(33)25-26(32(29(35)28(25)34)18-19-7-6-14-31-17-19)20-8-5-13-24(16-20)36-23-11-2-1-3-12-23/h1-17,26,33H,18H2/b27-25-. The number of para-hydroxylation sites is 1. The first kappa shape index (κ1) is 23.3. The fraction of sp³-hybridized carbons (Fsp3) is 0.0690. The van der Waals surface area contributed by atoms with Gasteiger partial charge in [-0.05, 0) is 53.6 Å². The van der Waals surface area contributed by atoms with Gasteiger partial charge in [0.15, 0.2) is 0 Å². The van der Waals surface area contributed by atoms with Crippen LogP contribution < -0.4 is 4.74 Å². The number of ether oxygens (including phenoxy) is 1. The molecule has 178 valence electrons. The first-order valence-electron chi connectivity index (χ1n) is 11.3. The minimum atomic E-state index is -0.844. The maximum Gasteiger partial charge on any atom is 0.295 e. The Bertz CT molecular complexity index is 1450. The molecule has 1 saturated heterocycles. The highest BCUT2D eigenvalue weighted by molar-refractivity contribution is 6.46. The Kier molecular flexibility index (Phi) is 6.52. The van der Waals surface area contributed by atoms with Gasteiger partial charge >= 0.3 is 0 Å². The minimum absolute atomic E-state index is 0.0111. The lowest BCUT2D eigenvalue weighted by atomic mass is 9.95. The molecule has 1 aliphatic heterocycles. The van der Waals surface area contributed by atoms with Gasteiger partial charge in [-0.3, -0.25) is 14.6 Å². The van der Waals surface area contributed by atoms with Crippen molar-refractivity contribution >= 4 is 29.1 Å². The van der Waals surface area contributed by atoms with E-state index in [0.717, 1.165) is 5.56 Å². The number of amides is 1. The number of aliphatic hydroxyl groups excluding tert-OH is 1. The van der Waals surface area contributed by atoms with Crippen molar-refractivity contribution in [2.75, 3.05) is 0 Å². The van der Waals surface area contributed by atoms with Gasteiger partial charge in [0.25, 0.3) is 11.7 Å². The molecule has 7 heteroatoms. The number of likely N-dealkylation sites (tertiary alicyclic amines) is 1. The van der Waals surface area contributed by atoms with E-state index in [4.69, 9.17) is 16.3 Å². The van der Waals surface area contributed by atoms with Gasteiger partial charge in [0.05, 0.1) is 11.6 Å². The average molecular weight is 497 g/mol. The van der Waals surface area contributed by atoms with Crippen LogP contribution in [0, 0.1) is 0 Å². The monoisotopic (exact) mass is 496 g/mol. The number of Topliss-reactive ketones (excluding diaryl/α,β-unsaturated/α-hetero) is 1. The Balaban J connectivity index is 1.62. The Labute approximate surface area is 213 Å². The topological polar surface area (TPSA) is 79.7 Å². The number of hydrogen-bond donors (Lipinski definition) is 1. The van der Waals surface area contributed by atoms with Crippen LogP contribution in [0.1, 0.15) is 22.7 Å². The number of aromatic nitrogens is 1. The quantitative estimate of drug-likeness (QED) is 0.197. The summed E-state index contributed by atoms with van der Waals surface area (Å²) in [5.74, 6) is -0.576. The Hall–Kier alpha value is -4.42. The van der Waals surface area contributed by atoms with Crippen LogP contribution in [0.15, 0.2) is 109 Å². The van der Waals surface area contributed by atoms with Crippen LogP contribution in [0.3, 0.4) is 0 Å². The SMILES string of the molecule is O=C1C(=O)N(Cc2cccnc2)C(c2cccc(Oc3ccccc3)c2)/C1=C(/O)c1cccc(Cl)c1. The van der Waals surface area contributed by atoms with E-state index < -0.39 is 17.7 Å². The second kappa shape index (κ2) is 10.1. The van der Waals surface area contributed by atoms with Gasteiger partial charge < -0.3 is 14.7 Å². The zero-order chi connectivity index (χ0) is 25.1. The Morgan fingerprint density at radius 2 is 1.69 bits per heavy atom. The van der Waals surface area contributed by atoms with E-state index in [1.165, 1.54) is 4.90 Å². The molecule has 0 bridgehead atoms. The normalized spacial score (nSPS) is 16.8. The molecule has 0 aliphatic carbocycles. The lowest BCUT2D eigenvalue weighted by molar-refractivity contribution is -0.140. The van der Waals surface area contributed by atoms with Crippen LogP contribution in [0.25, 0.3) is 5.76 Å². The fourth-order valence-electron chi connectivity index (χ4n) is 4.24. The number of ketones is 1. The minimum Gasteiger partial charge on any atom is -0.507 e. The van der Waals surface area contributed by atoms with Gasteiger partial charge in [-0.15, -0.1) is 0 Å². The van der Waals surface area contributed by atoms with Crippen LogP contribution in [-0.4, -0.2) is 26.7 Å². The van der Waals surface area contributed by atoms with Gasteiger partial charge in [-0.25, -0.2) is 0 Å². The van der Waals surface area contributed by atoms with E-state index in [1.807, 2.05) is 36.4 Å². The van der Waals surface area contributed by atoms with Crippen molar-refractivity contribution in [2.24, 2.45) is 0 Å². The number of pyridine rings is 1. The smallest absolute Gasteiger partial charge is 0.295 e. The van der Waals surface area contributed by atoms with E-state index >= 15 is 0 Å². The Morgan fingerprint density at radius 1 is 0.917 bits per heavy atom. The zero-order valence-electron chi connectivity index (χ0n) is 19.0. The molecule has 36 heavy (non-hydrogen) atoms. The molecule has 1 fully saturated rings. The van der Waals surface area contributed by atoms with Gasteiger partial charge in [-0.2, -0.15) is 0 Å². The third-order valence-electron chi connectivity index (χ3n) is 5.87. The van der Waals surface area contributed by atoms with Crippen molar-refractivity contribution in [3.8, 4) is 11.5 Å². The average Bonchev–Trinajstić information content (AvgIpc) is 3.14. The second-order valence-corrected chi connectivity index (χ2v) is 8.72. The van der Waals surface area contributed by atoms with Gasteiger partial charge in [0.2, 0.25) is 0 Å². The fourth-order valence-corrected chi connectivity index (χ4v) is 4.43. The van der Waals surface area contributed by atoms with E-state index in [9.17, 15) is 14.7 Å². The second-order valence-electron chi connectivity index (χ2n) is 8.29. The van der Waals surface area contributed by atoms with Crippen molar-refractivity contribution in [1.82, 2.24) is 9.88 Å². The largest absolute Gasteiger partial charge is 0.507 e. The highest BCUT2D eigenvalue weighted by atomic mass is 35.5. The summed E-state index contributed by atoms with van der Waals surface area (Å²) in [7, 11) is 0. The summed E-state index contributed by atoms with van der Waals surface area (Å²) >= 11 is 6.13. The predicted molar refractivity (Wildman–Crippen MR) is 136 cm³/mol. The molecular formula is C29H21ClN2O4. The molecule has 6 nitrogen and oxygen atoms in total. The molecule has 0 saturated carbocycles. The number of rotatable bonds is 6. The first-order chi connectivity index (χ1) is 17.5. The molecule has 1 atom stereocenters. The lowest BCUT2D eigenvalue weighted by Gasteiger charge is -2.25. The number of carbonyl (C=O) groups is 2. The van der Waals surface area contributed by atoms with Crippen LogP contribution in [-0.2, 0) is 16.1 Å². The van der Waals surface area contributed by atoms with E-state index in [-0.39, 0.29) is 17.9 Å². The molecule has 4 aromatic rings. The molecule has 1 unspecified atom stereocenters. The summed E-state index contributed by atoms with van der Waals surface area (Å²) in [6.07, 6.45) is 3.28. The summed E-state index contributed by atoms with van der Waals surface area (Å²) in [6.45, 7) is 0.138. The highest BCUT2D eigenvalue weighted by Crippen LogP contribution is 2.41. The van der Waals surface area contributed by atoms with Crippen LogP contribution in [0.5, 0.6) is 11.5 Å². The molecule has 0 spiro atoms. The molecule has 1 aromatic heterocycles. The van der Waals surface area contributed by atoms with E-state index in [2.05, 4.69) is 4.98 Å². The number of hydrogen-bond acceptors (Lipinski definition) is 5. The Morgan fingerprint density at radius 3 is 2.44 bits per heavy atom. The van der Waals surface area contributed by atoms with Crippen LogP contribution in [0.4, 0.5) is 0 Å². The van der Waals surface area contributed by atoms with E-state index in [1.54, 1.807) is 67.0 Å². The predicted octanol–water partition coefficient (Wildman–Crippen LogP) is 6.15. The molecule has 0 radical (unpaired) electrons. The van der Waals surface area contributed by atoms with Crippen molar-refractivity contribution in [1.29, 1.82) is 0 Å². The summed E-state index contributed by atoms with van der Waals surface area (Å²) in [4.78, 5) is 32.1. The number of aliphatic hydroxyl groups is 1. The van der Waals surface area contributed by atoms with Crippen LogP contribution >= 0.6 is 11.6 Å². The van der Waals surface area contributed by atoms with Gasteiger partial charge in [0, 0.05) is 29.5 Å². The maximum atomic E-state index is 13.3. The number of carbonyl (C=O) groups excluding carboxylic acids is 2. The summed E-state index contributed by atoms with van der Waals surface area (Å²) in [5, 5.41) is 11.6. The lowest BCUT2D eigenvalue weighted by Crippen LogP contribution is -2.29. The van der Waals surface area contributed by atoms with Crippen molar-refractivity contribution in [2.45, 2.75) is 12.6 Å². The summed E-state index contributed by atoms with van der Waals surface area (Å²) < 4.78 is 5.99. The zero-order valence-corrected chi connectivity index (χ0v) is 19.8. The van der Waals surface area contributed by atoms with Gasteiger partial charge in [-0.1, -0.05) is 60.1 Å². The highest BCUT2D eigenvalue weighted by Gasteiger charge is 2.46. The summed E-state index contributed by atoms with van der Waals surface area (Å²) in [6, 6.07) is 25.7. The number of benzene rings is 3. The third-order valence-corrected chi connectivity index (χ3v) is 6.10. The molecule has 5 rings (SSSR count). The maximum absolute atomic E-state index is 13.3. The summed E-state index contributed by atoms with van der Waals surface area (Å²) in [5.41, 5.74) is 1.71. The first-order valence-corrected chi connectivity index (χ1v) is 11.6. The number of halogens is 1. The third kappa shape index (κ3) is 4.72. The van der Waals surface area contributed by atoms with Crippen molar-refractivity contribution in [3.63, 3.8) is 0 Å². The molecule has 1 amide bonds. The molecule has 3 aromatic carbocycles. The molecular weight excluding hydrogens is 476 g/mol. The van der Waals surface area contributed by atoms with Gasteiger partial charge in [0.1, 0.15) is 17.3 Å². The molecule has 1 N–H and O–H groups in total.